The maximum Gasteiger partial charge on any atom is 0.252 e. The minimum absolute atomic E-state index is 0.219. The number of fused-ring (bicyclic) bond motifs is 1. The molecular formula is C28H25ClN4O3. The molecule has 3 N–H and O–H groups in total. The van der Waals surface area contributed by atoms with Crippen LogP contribution in [0.5, 0.6) is 0 Å². The first-order valence-electron chi connectivity index (χ1n) is 11.4. The number of amides is 3. The van der Waals surface area contributed by atoms with Gasteiger partial charge in [-0.05, 0) is 53.6 Å². The van der Waals surface area contributed by atoms with Gasteiger partial charge in [-0.1, -0.05) is 60.1 Å². The maximum atomic E-state index is 13.3. The van der Waals surface area contributed by atoms with Gasteiger partial charge in [-0.2, -0.15) is 0 Å². The van der Waals surface area contributed by atoms with Crippen LogP contribution in [0.3, 0.4) is 0 Å². The Hall–Kier alpha value is -4.23. The third-order valence-corrected chi connectivity index (χ3v) is 5.94. The summed E-state index contributed by atoms with van der Waals surface area (Å²) in [5.41, 5.74) is 1.79. The Kier molecular flexibility index (Phi) is 7.92. The van der Waals surface area contributed by atoms with Gasteiger partial charge in [0.05, 0.1) is 11.9 Å². The van der Waals surface area contributed by atoms with Crippen molar-refractivity contribution in [3.8, 4) is 0 Å². The van der Waals surface area contributed by atoms with Gasteiger partial charge < -0.3 is 16.0 Å². The monoisotopic (exact) mass is 500 g/mol. The molecule has 0 aliphatic rings. The van der Waals surface area contributed by atoms with Crippen LogP contribution < -0.4 is 16.0 Å². The molecule has 1 aromatic heterocycles. The van der Waals surface area contributed by atoms with Gasteiger partial charge in [-0.3, -0.25) is 19.4 Å². The summed E-state index contributed by atoms with van der Waals surface area (Å²) in [5, 5.41) is 10.6. The van der Waals surface area contributed by atoms with Gasteiger partial charge >= 0.3 is 0 Å². The highest BCUT2D eigenvalue weighted by Gasteiger charge is 2.26. The Balaban J connectivity index is 1.52. The number of rotatable bonds is 8. The molecule has 1 heterocycles. The van der Waals surface area contributed by atoms with Gasteiger partial charge in [-0.15, -0.1) is 0 Å². The molecule has 2 atom stereocenters. The molecule has 7 nitrogen and oxygen atoms in total. The SMILES string of the molecule is CC(NC(=O)[C@H](Cc1ccc(Cl)cc1)NC(=O)c1cccc2ccccc12)C(=O)Nc1cccnc1. The van der Waals surface area contributed by atoms with Gasteiger partial charge in [0.2, 0.25) is 11.8 Å². The van der Waals surface area contributed by atoms with Gasteiger partial charge in [0.15, 0.2) is 0 Å². The smallest absolute Gasteiger partial charge is 0.252 e. The number of hydrogen-bond donors (Lipinski definition) is 3. The average Bonchev–Trinajstić information content (AvgIpc) is 2.89. The molecule has 3 amide bonds. The third kappa shape index (κ3) is 6.25. The van der Waals surface area contributed by atoms with Gasteiger partial charge in [0.1, 0.15) is 12.1 Å². The number of anilines is 1. The van der Waals surface area contributed by atoms with Crippen molar-refractivity contribution < 1.29 is 14.4 Å². The Morgan fingerprint density at radius 1 is 0.861 bits per heavy atom. The number of nitrogens with zero attached hydrogens (tertiary/aromatic N) is 1. The zero-order valence-electron chi connectivity index (χ0n) is 19.6. The summed E-state index contributed by atoms with van der Waals surface area (Å²) < 4.78 is 0. The highest BCUT2D eigenvalue weighted by atomic mass is 35.5. The number of hydrogen-bond acceptors (Lipinski definition) is 4. The molecule has 0 bridgehead atoms. The first kappa shape index (κ1) is 24.9. The molecule has 4 rings (SSSR count). The number of aromatic nitrogens is 1. The van der Waals surface area contributed by atoms with Crippen molar-refractivity contribution in [1.82, 2.24) is 15.6 Å². The molecule has 0 fully saturated rings. The molecular weight excluding hydrogens is 476 g/mol. The summed E-state index contributed by atoms with van der Waals surface area (Å²) in [6.07, 6.45) is 3.33. The lowest BCUT2D eigenvalue weighted by Crippen LogP contribution is -2.52. The summed E-state index contributed by atoms with van der Waals surface area (Å²) in [6, 6.07) is 21.7. The molecule has 0 aliphatic carbocycles. The van der Waals surface area contributed by atoms with Crippen LogP contribution in [0.15, 0.2) is 91.3 Å². The van der Waals surface area contributed by atoms with Crippen LogP contribution in [0.25, 0.3) is 10.8 Å². The van der Waals surface area contributed by atoms with Crippen molar-refractivity contribution in [2.24, 2.45) is 0 Å². The normalized spacial score (nSPS) is 12.4. The van der Waals surface area contributed by atoms with E-state index in [1.54, 1.807) is 61.7 Å². The first-order chi connectivity index (χ1) is 17.4. The van der Waals surface area contributed by atoms with Crippen LogP contribution >= 0.6 is 11.6 Å². The second-order valence-electron chi connectivity index (χ2n) is 8.34. The summed E-state index contributed by atoms with van der Waals surface area (Å²) in [6.45, 7) is 1.58. The standard InChI is InChI=1S/C28H25ClN4O3/c1-18(26(34)32-22-8-5-15-30-17-22)31-28(36)25(16-19-11-13-21(29)14-12-19)33-27(35)24-10-4-7-20-6-2-3-9-23(20)24/h2-15,17-18,25H,16H2,1H3,(H,31,36)(H,32,34)(H,33,35)/t18?,25-/m0/s1. The summed E-state index contributed by atoms with van der Waals surface area (Å²) in [7, 11) is 0. The number of carbonyl (C=O) groups excluding carboxylic acids is 3. The second kappa shape index (κ2) is 11.5. The fourth-order valence-corrected chi connectivity index (χ4v) is 3.92. The highest BCUT2D eigenvalue weighted by Crippen LogP contribution is 2.19. The van der Waals surface area contributed by atoms with E-state index in [0.29, 0.717) is 16.3 Å². The topological polar surface area (TPSA) is 100 Å². The van der Waals surface area contributed by atoms with Crippen molar-refractivity contribution in [3.63, 3.8) is 0 Å². The van der Waals surface area contributed by atoms with E-state index in [2.05, 4.69) is 20.9 Å². The summed E-state index contributed by atoms with van der Waals surface area (Å²) >= 11 is 6.00. The van der Waals surface area contributed by atoms with E-state index in [9.17, 15) is 14.4 Å². The Bertz CT molecular complexity index is 1370. The predicted octanol–water partition coefficient (Wildman–Crippen LogP) is 4.37. The van der Waals surface area contributed by atoms with E-state index in [1.807, 2.05) is 30.3 Å². The van der Waals surface area contributed by atoms with Crippen molar-refractivity contribution in [2.75, 3.05) is 5.32 Å². The van der Waals surface area contributed by atoms with Crippen molar-refractivity contribution >= 4 is 45.8 Å². The maximum absolute atomic E-state index is 13.3. The van der Waals surface area contributed by atoms with Gasteiger partial charge in [-0.25, -0.2) is 0 Å². The van der Waals surface area contributed by atoms with Crippen molar-refractivity contribution in [1.29, 1.82) is 0 Å². The van der Waals surface area contributed by atoms with Gasteiger partial charge in [0.25, 0.3) is 5.91 Å². The average molecular weight is 501 g/mol. The number of benzene rings is 3. The fourth-order valence-electron chi connectivity index (χ4n) is 3.79. The molecule has 0 saturated carbocycles. The molecule has 4 aromatic rings. The minimum atomic E-state index is -0.925. The van der Waals surface area contributed by atoms with E-state index in [0.717, 1.165) is 16.3 Å². The Labute approximate surface area is 213 Å². The molecule has 36 heavy (non-hydrogen) atoms. The quantitative estimate of drug-likeness (QED) is 0.334. The molecule has 0 aliphatic heterocycles. The van der Waals surface area contributed by atoms with Crippen LogP contribution in [0.1, 0.15) is 22.8 Å². The van der Waals surface area contributed by atoms with Crippen LogP contribution in [-0.2, 0) is 16.0 Å². The van der Waals surface area contributed by atoms with E-state index < -0.39 is 23.9 Å². The predicted molar refractivity (Wildman–Crippen MR) is 141 cm³/mol. The lowest BCUT2D eigenvalue weighted by Gasteiger charge is -2.22. The van der Waals surface area contributed by atoms with E-state index >= 15 is 0 Å². The van der Waals surface area contributed by atoms with Crippen molar-refractivity contribution in [2.45, 2.75) is 25.4 Å². The van der Waals surface area contributed by atoms with E-state index in [-0.39, 0.29) is 12.3 Å². The molecule has 0 radical (unpaired) electrons. The number of pyridine rings is 1. The van der Waals surface area contributed by atoms with Crippen LogP contribution in [0, 0.1) is 0 Å². The highest BCUT2D eigenvalue weighted by molar-refractivity contribution is 6.30. The first-order valence-corrected chi connectivity index (χ1v) is 11.8. The van der Waals surface area contributed by atoms with Crippen LogP contribution in [0.4, 0.5) is 5.69 Å². The van der Waals surface area contributed by atoms with Crippen LogP contribution in [0.2, 0.25) is 5.02 Å². The van der Waals surface area contributed by atoms with Gasteiger partial charge in [0, 0.05) is 23.2 Å². The summed E-state index contributed by atoms with van der Waals surface area (Å²) in [5.74, 6) is -1.26. The molecule has 3 aromatic carbocycles. The number of carbonyl (C=O) groups is 3. The fraction of sp³-hybridized carbons (Fsp3) is 0.143. The Morgan fingerprint density at radius 3 is 2.36 bits per heavy atom. The molecule has 182 valence electrons. The number of nitrogens with one attached hydrogen (secondary N) is 3. The zero-order chi connectivity index (χ0) is 25.5. The second-order valence-corrected chi connectivity index (χ2v) is 8.78. The largest absolute Gasteiger partial charge is 0.343 e. The lowest BCUT2D eigenvalue weighted by atomic mass is 10.0. The molecule has 8 heteroatoms. The Morgan fingerprint density at radius 2 is 1.61 bits per heavy atom. The third-order valence-electron chi connectivity index (χ3n) is 5.69. The summed E-state index contributed by atoms with van der Waals surface area (Å²) in [4.78, 5) is 43.1. The van der Waals surface area contributed by atoms with E-state index in [1.165, 1.54) is 6.20 Å². The molecule has 1 unspecified atom stereocenters. The zero-order valence-corrected chi connectivity index (χ0v) is 20.3. The minimum Gasteiger partial charge on any atom is -0.343 e. The molecule has 0 saturated heterocycles. The van der Waals surface area contributed by atoms with Crippen molar-refractivity contribution in [3.05, 3.63) is 107 Å². The number of halogens is 1. The van der Waals surface area contributed by atoms with Crippen LogP contribution in [-0.4, -0.2) is 34.8 Å². The lowest BCUT2D eigenvalue weighted by molar-refractivity contribution is -0.127. The molecule has 0 spiro atoms. The van der Waals surface area contributed by atoms with E-state index in [4.69, 9.17) is 11.6 Å².